The van der Waals surface area contributed by atoms with Crippen molar-refractivity contribution >= 4 is 0 Å². The van der Waals surface area contributed by atoms with Crippen molar-refractivity contribution in [2.45, 2.75) is 33.0 Å². The van der Waals surface area contributed by atoms with E-state index in [2.05, 4.69) is 22.3 Å². The van der Waals surface area contributed by atoms with Gasteiger partial charge in [-0.25, -0.2) is 9.67 Å². The van der Waals surface area contributed by atoms with Crippen LogP contribution in [-0.2, 0) is 17.8 Å². The minimum absolute atomic E-state index is 0.164. The van der Waals surface area contributed by atoms with Gasteiger partial charge < -0.3 is 10.1 Å². The number of hydrogen-bond donors (Lipinski definition) is 1. The molecule has 0 bridgehead atoms. The summed E-state index contributed by atoms with van der Waals surface area (Å²) in [5.41, 5.74) is 0. The van der Waals surface area contributed by atoms with Crippen molar-refractivity contribution in [3.8, 4) is 0 Å². The van der Waals surface area contributed by atoms with E-state index in [0.29, 0.717) is 0 Å². The van der Waals surface area contributed by atoms with Crippen molar-refractivity contribution < 1.29 is 4.74 Å². The SMILES string of the molecule is CCNCc1ncnn1CC(C)OC. The van der Waals surface area contributed by atoms with Gasteiger partial charge in [-0.2, -0.15) is 5.10 Å². The Kier molecular flexibility index (Phi) is 4.55. The average molecular weight is 198 g/mol. The molecular formula is C9H18N4O. The Morgan fingerprint density at radius 2 is 2.43 bits per heavy atom. The summed E-state index contributed by atoms with van der Waals surface area (Å²) in [6, 6.07) is 0. The number of hydrogen-bond acceptors (Lipinski definition) is 4. The maximum absolute atomic E-state index is 5.17. The van der Waals surface area contributed by atoms with Crippen LogP contribution < -0.4 is 5.32 Å². The lowest BCUT2D eigenvalue weighted by Crippen LogP contribution is -2.21. The number of nitrogens with one attached hydrogen (secondary N) is 1. The largest absolute Gasteiger partial charge is 0.380 e. The molecule has 0 aliphatic carbocycles. The number of aromatic nitrogens is 3. The molecule has 1 aromatic rings. The van der Waals surface area contributed by atoms with Crippen LogP contribution >= 0.6 is 0 Å². The predicted molar refractivity (Wildman–Crippen MR) is 53.9 cm³/mol. The maximum atomic E-state index is 5.17. The number of nitrogens with zero attached hydrogens (tertiary/aromatic N) is 3. The Morgan fingerprint density at radius 3 is 3.07 bits per heavy atom. The fourth-order valence-corrected chi connectivity index (χ4v) is 1.13. The highest BCUT2D eigenvalue weighted by atomic mass is 16.5. The summed E-state index contributed by atoms with van der Waals surface area (Å²) in [4.78, 5) is 4.17. The molecule has 0 spiro atoms. The first-order valence-electron chi connectivity index (χ1n) is 4.88. The third kappa shape index (κ3) is 3.08. The molecule has 80 valence electrons. The van der Waals surface area contributed by atoms with Crippen molar-refractivity contribution in [3.63, 3.8) is 0 Å². The minimum Gasteiger partial charge on any atom is -0.380 e. The van der Waals surface area contributed by atoms with E-state index in [4.69, 9.17) is 4.74 Å². The third-order valence-corrected chi connectivity index (χ3v) is 2.06. The van der Waals surface area contributed by atoms with Gasteiger partial charge in [0, 0.05) is 7.11 Å². The van der Waals surface area contributed by atoms with Gasteiger partial charge in [-0.15, -0.1) is 0 Å². The van der Waals surface area contributed by atoms with Gasteiger partial charge in [0.1, 0.15) is 12.2 Å². The summed E-state index contributed by atoms with van der Waals surface area (Å²) in [5, 5.41) is 7.36. The van der Waals surface area contributed by atoms with Crippen LogP contribution in [-0.4, -0.2) is 34.5 Å². The molecule has 1 unspecified atom stereocenters. The molecule has 0 radical (unpaired) electrons. The average Bonchev–Trinajstić information content (AvgIpc) is 2.62. The van der Waals surface area contributed by atoms with Gasteiger partial charge in [-0.3, -0.25) is 0 Å². The highest BCUT2D eigenvalue weighted by molar-refractivity contribution is 4.84. The first kappa shape index (κ1) is 11.1. The van der Waals surface area contributed by atoms with Gasteiger partial charge in [-0.05, 0) is 13.5 Å². The molecule has 1 rings (SSSR count). The molecule has 5 heteroatoms. The van der Waals surface area contributed by atoms with E-state index in [-0.39, 0.29) is 6.10 Å². The van der Waals surface area contributed by atoms with E-state index in [9.17, 15) is 0 Å². The zero-order valence-corrected chi connectivity index (χ0v) is 9.03. The van der Waals surface area contributed by atoms with Crippen LogP contribution in [0.25, 0.3) is 0 Å². The number of rotatable bonds is 6. The topological polar surface area (TPSA) is 52.0 Å². The Labute approximate surface area is 84.5 Å². The van der Waals surface area contributed by atoms with E-state index in [1.807, 2.05) is 11.6 Å². The molecule has 1 aromatic heterocycles. The van der Waals surface area contributed by atoms with Gasteiger partial charge in [0.25, 0.3) is 0 Å². The molecule has 1 N–H and O–H groups in total. The number of methoxy groups -OCH3 is 1. The quantitative estimate of drug-likeness (QED) is 0.720. The van der Waals surface area contributed by atoms with Crippen molar-refractivity contribution in [2.24, 2.45) is 0 Å². The maximum Gasteiger partial charge on any atom is 0.140 e. The highest BCUT2D eigenvalue weighted by Gasteiger charge is 2.06. The monoisotopic (exact) mass is 198 g/mol. The standard InChI is InChI=1S/C9H18N4O/c1-4-10-5-9-11-7-12-13(9)6-8(2)14-3/h7-8,10H,4-6H2,1-3H3. The van der Waals surface area contributed by atoms with Gasteiger partial charge in [0.05, 0.1) is 19.2 Å². The second-order valence-electron chi connectivity index (χ2n) is 3.19. The molecule has 1 atom stereocenters. The highest BCUT2D eigenvalue weighted by Crippen LogP contribution is 1.98. The van der Waals surface area contributed by atoms with Gasteiger partial charge in [-0.1, -0.05) is 6.92 Å². The van der Waals surface area contributed by atoms with Crippen molar-refractivity contribution in [1.29, 1.82) is 0 Å². The minimum atomic E-state index is 0.164. The van der Waals surface area contributed by atoms with Crippen molar-refractivity contribution in [3.05, 3.63) is 12.2 Å². The molecule has 1 heterocycles. The molecule has 0 aliphatic rings. The predicted octanol–water partition coefficient (Wildman–Crippen LogP) is 0.422. The summed E-state index contributed by atoms with van der Waals surface area (Å²) in [7, 11) is 1.70. The lowest BCUT2D eigenvalue weighted by atomic mass is 10.4. The Balaban J connectivity index is 2.53. The zero-order valence-electron chi connectivity index (χ0n) is 9.03. The second-order valence-corrected chi connectivity index (χ2v) is 3.19. The second kappa shape index (κ2) is 5.72. The van der Waals surface area contributed by atoms with E-state index in [1.165, 1.54) is 0 Å². The zero-order chi connectivity index (χ0) is 10.4. The third-order valence-electron chi connectivity index (χ3n) is 2.06. The van der Waals surface area contributed by atoms with Crippen LogP contribution in [0, 0.1) is 0 Å². The summed E-state index contributed by atoms with van der Waals surface area (Å²) in [6.45, 7) is 6.52. The normalized spacial score (nSPS) is 13.1. The smallest absolute Gasteiger partial charge is 0.140 e. The summed E-state index contributed by atoms with van der Waals surface area (Å²) >= 11 is 0. The van der Waals surface area contributed by atoms with Crippen LogP contribution in [0.5, 0.6) is 0 Å². The first-order valence-corrected chi connectivity index (χ1v) is 4.88. The Morgan fingerprint density at radius 1 is 1.64 bits per heavy atom. The van der Waals surface area contributed by atoms with Gasteiger partial charge in [0.15, 0.2) is 0 Å². The molecular weight excluding hydrogens is 180 g/mol. The van der Waals surface area contributed by atoms with E-state index < -0.39 is 0 Å². The summed E-state index contributed by atoms with van der Waals surface area (Å²) in [6.07, 6.45) is 1.74. The molecule has 5 nitrogen and oxygen atoms in total. The van der Waals surface area contributed by atoms with Gasteiger partial charge >= 0.3 is 0 Å². The van der Waals surface area contributed by atoms with Crippen molar-refractivity contribution in [1.82, 2.24) is 20.1 Å². The Hall–Kier alpha value is -0.940. The summed E-state index contributed by atoms with van der Waals surface area (Å²) < 4.78 is 7.05. The molecule has 0 aliphatic heterocycles. The van der Waals surface area contributed by atoms with E-state index >= 15 is 0 Å². The lowest BCUT2D eigenvalue weighted by Gasteiger charge is -2.11. The fourth-order valence-electron chi connectivity index (χ4n) is 1.13. The Bertz CT molecular complexity index is 261. The molecule has 0 amide bonds. The molecule has 14 heavy (non-hydrogen) atoms. The van der Waals surface area contributed by atoms with Crippen LogP contribution in [0.3, 0.4) is 0 Å². The van der Waals surface area contributed by atoms with Crippen LogP contribution in [0.2, 0.25) is 0 Å². The van der Waals surface area contributed by atoms with Gasteiger partial charge in [0.2, 0.25) is 0 Å². The molecule has 0 saturated heterocycles. The molecule has 0 saturated carbocycles. The molecule has 0 aromatic carbocycles. The van der Waals surface area contributed by atoms with Crippen LogP contribution in [0.15, 0.2) is 6.33 Å². The summed E-state index contributed by atoms with van der Waals surface area (Å²) in [5.74, 6) is 0.954. The lowest BCUT2D eigenvalue weighted by molar-refractivity contribution is 0.0987. The molecule has 0 fully saturated rings. The van der Waals surface area contributed by atoms with Crippen LogP contribution in [0.1, 0.15) is 19.7 Å². The van der Waals surface area contributed by atoms with E-state index in [1.54, 1.807) is 13.4 Å². The fraction of sp³-hybridized carbons (Fsp3) is 0.778. The van der Waals surface area contributed by atoms with Crippen LogP contribution in [0.4, 0.5) is 0 Å². The number of ether oxygens (including phenoxy) is 1. The first-order chi connectivity index (χ1) is 6.77. The van der Waals surface area contributed by atoms with Crippen molar-refractivity contribution in [2.75, 3.05) is 13.7 Å². The van der Waals surface area contributed by atoms with E-state index in [0.717, 1.165) is 25.5 Å².